The predicted octanol–water partition coefficient (Wildman–Crippen LogP) is -0.745. The first-order chi connectivity index (χ1) is 5.88. The van der Waals surface area contributed by atoms with E-state index < -0.39 is 15.6 Å². The summed E-state index contributed by atoms with van der Waals surface area (Å²) in [7, 11) is -2.47. The number of anilines is 1. The SMILES string of the molecule is CS(C)(=O)=NC(=O)c1nc(N)n[nH]1. The van der Waals surface area contributed by atoms with Gasteiger partial charge in [-0.2, -0.15) is 9.35 Å². The zero-order valence-corrected chi connectivity index (χ0v) is 7.96. The summed E-state index contributed by atoms with van der Waals surface area (Å²) in [6.07, 6.45) is 2.70. The van der Waals surface area contributed by atoms with Gasteiger partial charge in [0.1, 0.15) is 0 Å². The quantitative estimate of drug-likeness (QED) is 0.623. The van der Waals surface area contributed by atoms with E-state index in [0.717, 1.165) is 0 Å². The van der Waals surface area contributed by atoms with Crippen molar-refractivity contribution in [3.05, 3.63) is 5.82 Å². The number of nitrogen functional groups attached to an aromatic ring is 1. The molecule has 0 saturated heterocycles. The van der Waals surface area contributed by atoms with Gasteiger partial charge in [0, 0.05) is 22.2 Å². The number of nitrogens with zero attached hydrogens (tertiary/aromatic N) is 3. The minimum absolute atomic E-state index is 0.0442. The van der Waals surface area contributed by atoms with Crippen LogP contribution in [0.1, 0.15) is 10.6 Å². The van der Waals surface area contributed by atoms with Gasteiger partial charge in [0.2, 0.25) is 11.8 Å². The Balaban J connectivity index is 3.01. The molecule has 1 aromatic heterocycles. The molecule has 0 bridgehead atoms. The number of nitrogens with two attached hydrogens (primary N) is 1. The lowest BCUT2D eigenvalue weighted by Gasteiger charge is -1.90. The average molecular weight is 203 g/mol. The highest BCUT2D eigenvalue weighted by Gasteiger charge is 2.10. The minimum atomic E-state index is -2.47. The van der Waals surface area contributed by atoms with E-state index in [4.69, 9.17) is 5.73 Å². The van der Waals surface area contributed by atoms with Crippen LogP contribution in [0.4, 0.5) is 5.95 Å². The summed E-state index contributed by atoms with van der Waals surface area (Å²) in [6, 6.07) is 0. The maximum atomic E-state index is 11.1. The Bertz CT molecular complexity index is 434. The van der Waals surface area contributed by atoms with Gasteiger partial charge in [-0.15, -0.1) is 5.10 Å². The molecule has 0 aliphatic carbocycles. The number of carbonyl (C=O) groups is 1. The maximum absolute atomic E-state index is 11.1. The second-order valence-corrected chi connectivity index (χ2v) is 5.17. The molecule has 1 rings (SSSR count). The summed E-state index contributed by atoms with van der Waals surface area (Å²) in [5, 5.41) is 5.71. The van der Waals surface area contributed by atoms with Gasteiger partial charge in [-0.25, -0.2) is 4.21 Å². The standard InChI is InChI=1S/C5H9N5O2S/c1-13(2,12)10-4(11)3-7-5(6)9-8-3/h1-2H3,(H3,6,7,8,9). The van der Waals surface area contributed by atoms with E-state index in [1.807, 2.05) is 0 Å². The molecule has 72 valence electrons. The second-order valence-electron chi connectivity index (χ2n) is 2.62. The molecule has 1 amide bonds. The van der Waals surface area contributed by atoms with E-state index in [0.29, 0.717) is 0 Å². The summed E-state index contributed by atoms with van der Waals surface area (Å²) in [5.74, 6) is -0.856. The predicted molar refractivity (Wildman–Crippen MR) is 47.5 cm³/mol. The van der Waals surface area contributed by atoms with Gasteiger partial charge >= 0.3 is 5.91 Å². The van der Waals surface area contributed by atoms with Crippen LogP contribution in [0, 0.1) is 0 Å². The van der Waals surface area contributed by atoms with E-state index in [1.165, 1.54) is 12.5 Å². The Morgan fingerprint density at radius 3 is 2.62 bits per heavy atom. The number of carbonyl (C=O) groups excluding carboxylic acids is 1. The van der Waals surface area contributed by atoms with Gasteiger partial charge in [-0.3, -0.25) is 9.89 Å². The lowest BCUT2D eigenvalue weighted by Crippen LogP contribution is -2.03. The molecule has 0 radical (unpaired) electrons. The monoisotopic (exact) mass is 203 g/mol. The summed E-state index contributed by atoms with van der Waals surface area (Å²) >= 11 is 0. The van der Waals surface area contributed by atoms with Crippen LogP contribution in [0.15, 0.2) is 4.36 Å². The van der Waals surface area contributed by atoms with Crippen molar-refractivity contribution in [1.82, 2.24) is 15.2 Å². The molecule has 1 aromatic rings. The number of amides is 1. The molecular weight excluding hydrogens is 194 g/mol. The van der Waals surface area contributed by atoms with Crippen LogP contribution in [0.2, 0.25) is 0 Å². The molecule has 0 saturated carbocycles. The normalized spacial score (nSPS) is 11.2. The molecule has 0 aromatic carbocycles. The molecule has 1 heterocycles. The van der Waals surface area contributed by atoms with E-state index >= 15 is 0 Å². The molecule has 7 nitrogen and oxygen atoms in total. The molecule has 0 unspecified atom stereocenters. The highest BCUT2D eigenvalue weighted by molar-refractivity contribution is 7.92. The van der Waals surface area contributed by atoms with Crippen molar-refractivity contribution < 1.29 is 9.00 Å². The topological polar surface area (TPSA) is 114 Å². The van der Waals surface area contributed by atoms with Crippen molar-refractivity contribution >= 4 is 21.6 Å². The van der Waals surface area contributed by atoms with Gasteiger partial charge < -0.3 is 5.73 Å². The molecule has 0 aliphatic rings. The van der Waals surface area contributed by atoms with Crippen molar-refractivity contribution in [3.8, 4) is 0 Å². The average Bonchev–Trinajstić information content (AvgIpc) is 2.31. The van der Waals surface area contributed by atoms with Crippen LogP contribution in [0.3, 0.4) is 0 Å². The van der Waals surface area contributed by atoms with Crippen molar-refractivity contribution in [2.75, 3.05) is 18.2 Å². The number of hydrogen-bond acceptors (Lipinski definition) is 5. The molecule has 0 atom stereocenters. The fourth-order valence-corrected chi connectivity index (χ4v) is 1.10. The largest absolute Gasteiger partial charge is 0.366 e. The Hall–Kier alpha value is -1.44. The highest BCUT2D eigenvalue weighted by atomic mass is 32.2. The van der Waals surface area contributed by atoms with Crippen molar-refractivity contribution in [3.63, 3.8) is 0 Å². The summed E-state index contributed by atoms with van der Waals surface area (Å²) in [5.41, 5.74) is 5.16. The third kappa shape index (κ3) is 2.82. The highest BCUT2D eigenvalue weighted by Crippen LogP contribution is 1.97. The first kappa shape index (κ1) is 9.65. The van der Waals surface area contributed by atoms with Crippen molar-refractivity contribution in [2.24, 2.45) is 4.36 Å². The lowest BCUT2D eigenvalue weighted by atomic mass is 10.6. The smallest absolute Gasteiger partial charge is 0.322 e. The molecule has 0 fully saturated rings. The van der Waals surface area contributed by atoms with Crippen LogP contribution >= 0.6 is 0 Å². The number of aromatic amines is 1. The first-order valence-corrected chi connectivity index (χ1v) is 5.61. The number of hydrogen-bond donors (Lipinski definition) is 2. The summed E-state index contributed by atoms with van der Waals surface area (Å²) < 4.78 is 14.5. The van der Waals surface area contributed by atoms with Crippen LogP contribution in [-0.2, 0) is 9.73 Å². The van der Waals surface area contributed by atoms with Crippen LogP contribution in [-0.4, -0.2) is 37.8 Å². The summed E-state index contributed by atoms with van der Waals surface area (Å²) in [4.78, 5) is 14.7. The van der Waals surface area contributed by atoms with Crippen LogP contribution < -0.4 is 5.73 Å². The zero-order valence-electron chi connectivity index (χ0n) is 7.14. The van der Waals surface area contributed by atoms with Gasteiger partial charge in [0.05, 0.1) is 0 Å². The van der Waals surface area contributed by atoms with Gasteiger partial charge in [-0.1, -0.05) is 0 Å². The fraction of sp³-hybridized carbons (Fsp3) is 0.400. The van der Waals surface area contributed by atoms with Crippen molar-refractivity contribution in [1.29, 1.82) is 0 Å². The molecule has 8 heteroatoms. The van der Waals surface area contributed by atoms with Crippen LogP contribution in [0.25, 0.3) is 0 Å². The lowest BCUT2D eigenvalue weighted by molar-refractivity contribution is 0.0995. The van der Waals surface area contributed by atoms with E-state index in [-0.39, 0.29) is 11.8 Å². The van der Waals surface area contributed by atoms with Gasteiger partial charge in [-0.05, 0) is 0 Å². The molecule has 0 spiro atoms. The van der Waals surface area contributed by atoms with Gasteiger partial charge in [0.15, 0.2) is 0 Å². The van der Waals surface area contributed by atoms with Crippen molar-refractivity contribution in [2.45, 2.75) is 0 Å². The van der Waals surface area contributed by atoms with Gasteiger partial charge in [0.25, 0.3) is 0 Å². The number of rotatable bonds is 1. The Morgan fingerprint density at radius 2 is 2.23 bits per heavy atom. The Kier molecular flexibility index (Phi) is 2.32. The first-order valence-electron chi connectivity index (χ1n) is 3.28. The van der Waals surface area contributed by atoms with E-state index in [2.05, 4.69) is 19.5 Å². The number of H-pyrrole nitrogens is 1. The third-order valence-electron chi connectivity index (χ3n) is 1.01. The summed E-state index contributed by atoms with van der Waals surface area (Å²) in [6.45, 7) is 0. The third-order valence-corrected chi connectivity index (χ3v) is 1.61. The molecule has 3 N–H and O–H groups in total. The Labute approximate surface area is 74.9 Å². The number of nitrogens with one attached hydrogen (secondary N) is 1. The number of aromatic nitrogens is 3. The second kappa shape index (κ2) is 3.13. The van der Waals surface area contributed by atoms with Crippen LogP contribution in [0.5, 0.6) is 0 Å². The zero-order chi connectivity index (χ0) is 10.1. The minimum Gasteiger partial charge on any atom is -0.366 e. The van der Waals surface area contributed by atoms with E-state index in [1.54, 1.807) is 0 Å². The van der Waals surface area contributed by atoms with E-state index in [9.17, 15) is 9.00 Å². The Morgan fingerprint density at radius 1 is 1.62 bits per heavy atom. The fourth-order valence-electron chi connectivity index (χ4n) is 0.613. The maximum Gasteiger partial charge on any atom is 0.322 e. The molecule has 13 heavy (non-hydrogen) atoms. The molecular formula is C5H9N5O2S. The molecule has 0 aliphatic heterocycles.